The molecule has 1 heterocycles. The van der Waals surface area contributed by atoms with Gasteiger partial charge in [-0.3, -0.25) is 9.59 Å². The second kappa shape index (κ2) is 8.88. The number of benzene rings is 3. The molecule has 3 aromatic carbocycles. The van der Waals surface area contributed by atoms with Crippen molar-refractivity contribution in [1.82, 2.24) is 0 Å². The molecule has 2 amide bonds. The van der Waals surface area contributed by atoms with Gasteiger partial charge in [-0.15, -0.1) is 0 Å². The van der Waals surface area contributed by atoms with Crippen LogP contribution < -0.4 is 20.1 Å². The number of nitrogens with one attached hydrogen (secondary N) is 2. The third-order valence-corrected chi connectivity index (χ3v) is 4.78. The first-order valence-electron chi connectivity index (χ1n) is 9.47. The van der Waals surface area contributed by atoms with Gasteiger partial charge in [0.05, 0.1) is 24.5 Å². The molecule has 0 radical (unpaired) electrons. The van der Waals surface area contributed by atoms with Gasteiger partial charge < -0.3 is 20.1 Å². The highest BCUT2D eigenvalue weighted by atomic mass is 35.5. The third kappa shape index (κ3) is 4.55. The van der Waals surface area contributed by atoms with Gasteiger partial charge in [-0.25, -0.2) is 0 Å². The van der Waals surface area contributed by atoms with E-state index in [2.05, 4.69) is 10.6 Å². The summed E-state index contributed by atoms with van der Waals surface area (Å²) in [6.07, 6.45) is 0.803. The molecule has 4 rings (SSSR count). The number of rotatable bonds is 4. The van der Waals surface area contributed by atoms with E-state index in [1.807, 2.05) is 0 Å². The van der Waals surface area contributed by atoms with Crippen molar-refractivity contribution in [3.63, 3.8) is 0 Å². The minimum atomic E-state index is -0.350. The van der Waals surface area contributed by atoms with Crippen LogP contribution in [0.1, 0.15) is 27.1 Å². The van der Waals surface area contributed by atoms with E-state index in [4.69, 9.17) is 21.1 Å². The van der Waals surface area contributed by atoms with E-state index in [-0.39, 0.29) is 11.8 Å². The maximum atomic E-state index is 12.9. The molecule has 1 aliphatic heterocycles. The van der Waals surface area contributed by atoms with Crippen molar-refractivity contribution in [2.75, 3.05) is 23.8 Å². The highest BCUT2D eigenvalue weighted by Crippen LogP contribution is 2.32. The van der Waals surface area contributed by atoms with Crippen LogP contribution in [0.2, 0.25) is 5.02 Å². The molecule has 6 nitrogen and oxygen atoms in total. The molecule has 0 fully saturated rings. The molecule has 0 aliphatic carbocycles. The van der Waals surface area contributed by atoms with Crippen LogP contribution in [0.15, 0.2) is 66.7 Å². The zero-order valence-electron chi connectivity index (χ0n) is 16.0. The minimum Gasteiger partial charge on any atom is -0.490 e. The standard InChI is InChI=1S/C23H19ClN2O4/c24-16-8-6-15(7-9-16)22(27)26-19-5-2-1-4-18(19)23(28)25-17-10-11-20-21(14-17)30-13-3-12-29-20/h1-2,4-11,14H,3,12-13H2,(H,25,28)(H,26,27). The molecular formula is C23H19ClN2O4. The van der Waals surface area contributed by atoms with E-state index >= 15 is 0 Å². The van der Waals surface area contributed by atoms with Crippen molar-refractivity contribution in [3.05, 3.63) is 82.9 Å². The van der Waals surface area contributed by atoms with Crippen molar-refractivity contribution in [2.24, 2.45) is 0 Å². The summed E-state index contributed by atoms with van der Waals surface area (Å²) in [4.78, 5) is 25.4. The number of hydrogen-bond donors (Lipinski definition) is 2. The first kappa shape index (κ1) is 19.8. The fourth-order valence-corrected chi connectivity index (χ4v) is 3.15. The first-order valence-corrected chi connectivity index (χ1v) is 9.85. The van der Waals surface area contributed by atoms with Gasteiger partial charge in [0, 0.05) is 28.8 Å². The van der Waals surface area contributed by atoms with Crippen molar-refractivity contribution >= 4 is 34.8 Å². The lowest BCUT2D eigenvalue weighted by Crippen LogP contribution is -2.18. The Bertz CT molecular complexity index is 1080. The van der Waals surface area contributed by atoms with Crippen LogP contribution in [-0.4, -0.2) is 25.0 Å². The number of amides is 2. The predicted molar refractivity (Wildman–Crippen MR) is 116 cm³/mol. The van der Waals surface area contributed by atoms with Gasteiger partial charge in [-0.1, -0.05) is 23.7 Å². The number of anilines is 2. The summed E-state index contributed by atoms with van der Waals surface area (Å²) in [6.45, 7) is 1.16. The van der Waals surface area contributed by atoms with E-state index in [9.17, 15) is 9.59 Å². The number of carbonyl (C=O) groups excluding carboxylic acids is 2. The lowest BCUT2D eigenvalue weighted by Gasteiger charge is -2.13. The lowest BCUT2D eigenvalue weighted by molar-refractivity contribution is 0.102. The number of halogens is 1. The van der Waals surface area contributed by atoms with Gasteiger partial charge in [0.1, 0.15) is 0 Å². The van der Waals surface area contributed by atoms with Gasteiger partial charge in [-0.05, 0) is 48.5 Å². The van der Waals surface area contributed by atoms with Gasteiger partial charge in [0.2, 0.25) is 0 Å². The summed E-state index contributed by atoms with van der Waals surface area (Å²) in [6, 6.07) is 18.6. The Hall–Kier alpha value is -3.51. The Morgan fingerprint density at radius 1 is 0.800 bits per heavy atom. The number of fused-ring (bicyclic) bond motifs is 1. The fraction of sp³-hybridized carbons (Fsp3) is 0.130. The van der Waals surface area contributed by atoms with Crippen LogP contribution >= 0.6 is 11.6 Å². The Balaban J connectivity index is 1.52. The molecule has 7 heteroatoms. The van der Waals surface area contributed by atoms with Gasteiger partial charge >= 0.3 is 0 Å². The zero-order chi connectivity index (χ0) is 20.9. The first-order chi connectivity index (χ1) is 14.6. The number of para-hydroxylation sites is 1. The van der Waals surface area contributed by atoms with Crippen LogP contribution in [0.4, 0.5) is 11.4 Å². The molecule has 0 spiro atoms. The molecular weight excluding hydrogens is 404 g/mol. The Morgan fingerprint density at radius 2 is 1.53 bits per heavy atom. The second-order valence-electron chi connectivity index (χ2n) is 6.67. The molecule has 0 bridgehead atoms. The van der Waals surface area contributed by atoms with Crippen molar-refractivity contribution in [3.8, 4) is 11.5 Å². The summed E-state index contributed by atoms with van der Waals surface area (Å²) in [5, 5.41) is 6.17. The topological polar surface area (TPSA) is 76.7 Å². The van der Waals surface area contributed by atoms with Crippen molar-refractivity contribution in [1.29, 1.82) is 0 Å². The second-order valence-corrected chi connectivity index (χ2v) is 7.11. The Labute approximate surface area is 178 Å². The minimum absolute atomic E-state index is 0.331. The number of ether oxygens (including phenoxy) is 2. The average Bonchev–Trinajstić information content (AvgIpc) is 2.99. The van der Waals surface area contributed by atoms with Gasteiger partial charge in [-0.2, -0.15) is 0 Å². The number of carbonyl (C=O) groups is 2. The van der Waals surface area contributed by atoms with E-state index in [1.165, 1.54) is 0 Å². The van der Waals surface area contributed by atoms with Crippen molar-refractivity contribution in [2.45, 2.75) is 6.42 Å². The molecule has 0 unspecified atom stereocenters. The van der Waals surface area contributed by atoms with Crippen LogP contribution in [-0.2, 0) is 0 Å². The monoisotopic (exact) mass is 422 g/mol. The Morgan fingerprint density at radius 3 is 2.33 bits per heavy atom. The molecule has 30 heavy (non-hydrogen) atoms. The maximum Gasteiger partial charge on any atom is 0.257 e. The van der Waals surface area contributed by atoms with Crippen LogP contribution in [0.3, 0.4) is 0 Å². The zero-order valence-corrected chi connectivity index (χ0v) is 16.7. The summed E-state index contributed by atoms with van der Waals surface area (Å²) in [5.74, 6) is 0.565. The van der Waals surface area contributed by atoms with Crippen LogP contribution in [0.25, 0.3) is 0 Å². The Kier molecular flexibility index (Phi) is 5.86. The number of hydrogen-bond acceptors (Lipinski definition) is 4. The van der Waals surface area contributed by atoms with Crippen molar-refractivity contribution < 1.29 is 19.1 Å². The van der Waals surface area contributed by atoms with E-state index in [0.29, 0.717) is 52.2 Å². The maximum absolute atomic E-state index is 12.9. The molecule has 3 aromatic rings. The molecule has 2 N–H and O–H groups in total. The lowest BCUT2D eigenvalue weighted by atomic mass is 10.1. The summed E-state index contributed by atoms with van der Waals surface area (Å²) in [5.41, 5.74) is 1.76. The molecule has 0 saturated heterocycles. The van der Waals surface area contributed by atoms with Gasteiger partial charge in [0.15, 0.2) is 11.5 Å². The summed E-state index contributed by atoms with van der Waals surface area (Å²) >= 11 is 5.87. The molecule has 152 valence electrons. The largest absolute Gasteiger partial charge is 0.490 e. The third-order valence-electron chi connectivity index (χ3n) is 4.53. The smallest absolute Gasteiger partial charge is 0.257 e. The molecule has 0 saturated carbocycles. The van der Waals surface area contributed by atoms with Crippen LogP contribution in [0.5, 0.6) is 11.5 Å². The quantitative estimate of drug-likeness (QED) is 0.619. The summed E-state index contributed by atoms with van der Waals surface area (Å²) < 4.78 is 11.3. The summed E-state index contributed by atoms with van der Waals surface area (Å²) in [7, 11) is 0. The van der Waals surface area contributed by atoms with Crippen LogP contribution in [0, 0.1) is 0 Å². The predicted octanol–water partition coefficient (Wildman–Crippen LogP) is 5.01. The normalized spacial score (nSPS) is 12.6. The highest BCUT2D eigenvalue weighted by Gasteiger charge is 2.16. The average molecular weight is 423 g/mol. The van der Waals surface area contributed by atoms with E-state index in [1.54, 1.807) is 66.7 Å². The van der Waals surface area contributed by atoms with E-state index in [0.717, 1.165) is 6.42 Å². The van der Waals surface area contributed by atoms with E-state index < -0.39 is 0 Å². The molecule has 0 atom stereocenters. The molecule has 1 aliphatic rings. The fourth-order valence-electron chi connectivity index (χ4n) is 3.03. The highest BCUT2D eigenvalue weighted by molar-refractivity contribution is 6.30. The SMILES string of the molecule is O=C(Nc1ccccc1C(=O)Nc1ccc2c(c1)OCCCO2)c1ccc(Cl)cc1. The molecule has 0 aromatic heterocycles. The van der Waals surface area contributed by atoms with Gasteiger partial charge in [0.25, 0.3) is 11.8 Å².